The zero-order valence-electron chi connectivity index (χ0n) is 12.4. The summed E-state index contributed by atoms with van der Waals surface area (Å²) in [6.45, 7) is 3.11. The first kappa shape index (κ1) is 15.0. The van der Waals surface area contributed by atoms with E-state index in [-0.39, 0.29) is 5.91 Å². The van der Waals surface area contributed by atoms with Crippen molar-refractivity contribution in [3.8, 4) is 11.1 Å². The number of rotatable bonds is 4. The van der Waals surface area contributed by atoms with Gasteiger partial charge in [-0.1, -0.05) is 30.3 Å². The molecule has 3 rings (SSSR count). The van der Waals surface area contributed by atoms with Crippen LogP contribution in [0.5, 0.6) is 0 Å². The van der Waals surface area contributed by atoms with E-state index < -0.39 is 0 Å². The van der Waals surface area contributed by atoms with Gasteiger partial charge in [0.25, 0.3) is 5.91 Å². The van der Waals surface area contributed by atoms with Crippen LogP contribution in [0.4, 0.5) is 5.00 Å². The van der Waals surface area contributed by atoms with E-state index >= 15 is 0 Å². The molecule has 1 aromatic heterocycles. The minimum Gasteiger partial charge on any atom is -0.378 e. The molecular weight excluding hydrogens is 300 g/mol. The third-order valence-electron chi connectivity index (χ3n) is 3.51. The molecule has 2 aromatic rings. The second-order valence-corrected chi connectivity index (χ2v) is 5.96. The van der Waals surface area contributed by atoms with Crippen molar-refractivity contribution in [1.29, 1.82) is 0 Å². The number of amides is 1. The van der Waals surface area contributed by atoms with Crippen molar-refractivity contribution in [3.63, 3.8) is 0 Å². The molecule has 6 heteroatoms. The monoisotopic (exact) mass is 318 g/mol. The molecule has 0 atom stereocenters. The predicted octanol–water partition coefficient (Wildman–Crippen LogP) is 2.54. The smallest absolute Gasteiger partial charge is 0.284 e. The quantitative estimate of drug-likeness (QED) is 0.880. The first-order chi connectivity index (χ1) is 10.8. The second-order valence-electron chi connectivity index (χ2n) is 4.93. The molecule has 0 unspecified atom stereocenters. The molecule has 22 heavy (non-hydrogen) atoms. The van der Waals surface area contributed by atoms with Gasteiger partial charge in [-0.25, -0.2) is 5.48 Å². The molecule has 0 aliphatic carbocycles. The fraction of sp³-hybridized carbons (Fsp3) is 0.312. The number of anilines is 1. The number of hydrogen-bond donors (Lipinski definition) is 1. The standard InChI is InChI=1S/C16H18N2O3S/c1-20-17-15(19)14-11-13(12-5-3-2-4-6-12)16(22-14)18-7-9-21-10-8-18/h2-6,11H,7-10H2,1H3,(H,17,19). The summed E-state index contributed by atoms with van der Waals surface area (Å²) in [5.41, 5.74) is 4.57. The lowest BCUT2D eigenvalue weighted by molar-refractivity contribution is 0.0542. The first-order valence-electron chi connectivity index (χ1n) is 7.15. The van der Waals surface area contributed by atoms with Gasteiger partial charge in [-0.3, -0.25) is 9.63 Å². The first-order valence-corrected chi connectivity index (χ1v) is 7.96. The van der Waals surface area contributed by atoms with Gasteiger partial charge >= 0.3 is 0 Å². The lowest BCUT2D eigenvalue weighted by Gasteiger charge is -2.28. The molecule has 1 amide bonds. The van der Waals surface area contributed by atoms with E-state index in [4.69, 9.17) is 9.57 Å². The fourth-order valence-electron chi connectivity index (χ4n) is 2.46. The van der Waals surface area contributed by atoms with E-state index in [1.807, 2.05) is 24.3 Å². The van der Waals surface area contributed by atoms with Gasteiger partial charge in [0.1, 0.15) is 0 Å². The molecule has 116 valence electrons. The zero-order chi connectivity index (χ0) is 15.4. The minimum atomic E-state index is -0.218. The van der Waals surface area contributed by atoms with Gasteiger partial charge in [-0.05, 0) is 11.6 Å². The van der Waals surface area contributed by atoms with Crippen LogP contribution in [0.2, 0.25) is 0 Å². The summed E-state index contributed by atoms with van der Waals surface area (Å²) < 4.78 is 5.42. The Hall–Kier alpha value is -1.89. The molecule has 1 fully saturated rings. The Bertz CT molecular complexity index is 636. The van der Waals surface area contributed by atoms with Crippen molar-refractivity contribution in [1.82, 2.24) is 5.48 Å². The van der Waals surface area contributed by atoms with E-state index in [0.717, 1.165) is 29.2 Å². The van der Waals surface area contributed by atoms with Crippen LogP contribution >= 0.6 is 11.3 Å². The van der Waals surface area contributed by atoms with Crippen LogP contribution in [0.1, 0.15) is 9.67 Å². The molecule has 0 radical (unpaired) electrons. The predicted molar refractivity (Wildman–Crippen MR) is 87.3 cm³/mol. The Balaban J connectivity index is 1.99. The molecule has 1 N–H and O–H groups in total. The van der Waals surface area contributed by atoms with Crippen LogP contribution in [0.3, 0.4) is 0 Å². The Kier molecular flexibility index (Phi) is 4.72. The van der Waals surface area contributed by atoms with Gasteiger partial charge in [0.2, 0.25) is 0 Å². The summed E-state index contributed by atoms with van der Waals surface area (Å²) in [6.07, 6.45) is 0. The molecule has 1 aliphatic heterocycles. The lowest BCUT2D eigenvalue weighted by Crippen LogP contribution is -2.35. The average molecular weight is 318 g/mol. The number of morpholine rings is 1. The van der Waals surface area contributed by atoms with Crippen molar-refractivity contribution in [3.05, 3.63) is 41.3 Å². The highest BCUT2D eigenvalue weighted by Crippen LogP contribution is 2.39. The van der Waals surface area contributed by atoms with E-state index in [1.165, 1.54) is 18.4 Å². The number of nitrogens with one attached hydrogen (secondary N) is 1. The second kappa shape index (κ2) is 6.91. The van der Waals surface area contributed by atoms with Crippen molar-refractivity contribution >= 4 is 22.2 Å². The molecule has 5 nitrogen and oxygen atoms in total. The van der Waals surface area contributed by atoms with Crippen molar-refractivity contribution in [2.24, 2.45) is 0 Å². The number of nitrogens with zero attached hydrogens (tertiary/aromatic N) is 1. The third kappa shape index (κ3) is 3.14. The number of ether oxygens (including phenoxy) is 1. The van der Waals surface area contributed by atoms with Gasteiger partial charge in [0, 0.05) is 18.7 Å². The molecule has 2 heterocycles. The molecule has 0 spiro atoms. The summed E-state index contributed by atoms with van der Waals surface area (Å²) in [5, 5.41) is 1.11. The maximum atomic E-state index is 12.1. The summed E-state index contributed by atoms with van der Waals surface area (Å²) in [6, 6.07) is 12.0. The van der Waals surface area contributed by atoms with Gasteiger partial charge in [-0.15, -0.1) is 11.3 Å². The van der Waals surface area contributed by atoms with E-state index in [1.54, 1.807) is 0 Å². The van der Waals surface area contributed by atoms with Gasteiger partial charge in [0.15, 0.2) is 0 Å². The number of thiophene rings is 1. The third-order valence-corrected chi connectivity index (χ3v) is 4.71. The van der Waals surface area contributed by atoms with Crippen molar-refractivity contribution in [2.75, 3.05) is 38.3 Å². The highest BCUT2D eigenvalue weighted by molar-refractivity contribution is 7.18. The highest BCUT2D eigenvalue weighted by Gasteiger charge is 2.21. The normalized spacial score (nSPS) is 14.9. The van der Waals surface area contributed by atoms with Crippen LogP contribution in [-0.2, 0) is 9.57 Å². The molecule has 0 bridgehead atoms. The summed E-state index contributed by atoms with van der Waals surface area (Å²) in [4.78, 5) is 19.7. The zero-order valence-corrected chi connectivity index (χ0v) is 13.2. The summed E-state index contributed by atoms with van der Waals surface area (Å²) in [5.74, 6) is -0.218. The number of carbonyl (C=O) groups excluding carboxylic acids is 1. The highest BCUT2D eigenvalue weighted by atomic mass is 32.1. The van der Waals surface area contributed by atoms with Crippen LogP contribution in [-0.4, -0.2) is 39.3 Å². The van der Waals surface area contributed by atoms with Crippen LogP contribution in [0.25, 0.3) is 11.1 Å². The average Bonchev–Trinajstić information content (AvgIpc) is 3.02. The van der Waals surface area contributed by atoms with E-state index in [2.05, 4.69) is 22.5 Å². The maximum Gasteiger partial charge on any atom is 0.284 e. The van der Waals surface area contributed by atoms with Gasteiger partial charge in [-0.2, -0.15) is 0 Å². The Morgan fingerprint density at radius 3 is 2.68 bits per heavy atom. The van der Waals surface area contributed by atoms with Gasteiger partial charge < -0.3 is 9.64 Å². The Labute approximate surface area is 133 Å². The van der Waals surface area contributed by atoms with Crippen molar-refractivity contribution < 1.29 is 14.4 Å². The SMILES string of the molecule is CONC(=O)c1cc(-c2ccccc2)c(N2CCOCC2)s1. The molecule has 1 saturated heterocycles. The topological polar surface area (TPSA) is 50.8 Å². The van der Waals surface area contributed by atoms with Crippen LogP contribution in [0.15, 0.2) is 36.4 Å². The fourth-order valence-corrected chi connectivity index (χ4v) is 3.58. The number of carbonyl (C=O) groups is 1. The van der Waals surface area contributed by atoms with Gasteiger partial charge in [0.05, 0.1) is 30.2 Å². The molecular formula is C16H18N2O3S. The lowest BCUT2D eigenvalue weighted by atomic mass is 10.1. The number of benzene rings is 1. The molecule has 1 aromatic carbocycles. The summed E-state index contributed by atoms with van der Waals surface area (Å²) in [7, 11) is 1.44. The minimum absolute atomic E-state index is 0.218. The molecule has 1 aliphatic rings. The van der Waals surface area contributed by atoms with Crippen molar-refractivity contribution in [2.45, 2.75) is 0 Å². The van der Waals surface area contributed by atoms with E-state index in [0.29, 0.717) is 18.1 Å². The summed E-state index contributed by atoms with van der Waals surface area (Å²) >= 11 is 1.49. The van der Waals surface area contributed by atoms with Crippen LogP contribution in [0, 0.1) is 0 Å². The number of hydroxylamine groups is 1. The Morgan fingerprint density at radius 2 is 2.00 bits per heavy atom. The van der Waals surface area contributed by atoms with E-state index in [9.17, 15) is 4.79 Å². The maximum absolute atomic E-state index is 12.1. The Morgan fingerprint density at radius 1 is 1.27 bits per heavy atom. The number of hydrogen-bond acceptors (Lipinski definition) is 5. The molecule has 0 saturated carbocycles. The van der Waals surface area contributed by atoms with Crippen LogP contribution < -0.4 is 10.4 Å². The largest absolute Gasteiger partial charge is 0.378 e.